The van der Waals surface area contributed by atoms with E-state index in [2.05, 4.69) is 16.1 Å². The highest BCUT2D eigenvalue weighted by atomic mass is 19.4. The highest BCUT2D eigenvalue weighted by Crippen LogP contribution is 2.66. The van der Waals surface area contributed by atoms with Gasteiger partial charge < -0.3 is 9.47 Å². The molecule has 0 heterocycles. The van der Waals surface area contributed by atoms with Crippen LogP contribution in [0.3, 0.4) is 0 Å². The van der Waals surface area contributed by atoms with E-state index >= 15 is 4.39 Å². The first-order valence-electron chi connectivity index (χ1n) is 10.7. The van der Waals surface area contributed by atoms with Crippen LogP contribution in [0.4, 0.5) is 87.8 Å². The topological polar surface area (TPSA) is 52.6 Å². The van der Waals surface area contributed by atoms with Gasteiger partial charge in [-0.1, -0.05) is 6.58 Å². The fraction of sp³-hybridized carbons (Fsp3) is 0.800. The van der Waals surface area contributed by atoms with Crippen molar-refractivity contribution >= 4 is 11.9 Å². The number of rotatable bonds is 13. The molecule has 0 saturated carbocycles. The van der Waals surface area contributed by atoms with E-state index in [9.17, 15) is 93.0 Å². The summed E-state index contributed by atoms with van der Waals surface area (Å²) >= 11 is 0. The highest BCUT2D eigenvalue weighted by Gasteiger charge is 2.97. The first-order valence-corrected chi connectivity index (χ1v) is 10.7. The number of ether oxygens (including phenoxy) is 2. The molecular formula is C20H16F20O4. The van der Waals surface area contributed by atoms with Crippen molar-refractivity contribution in [1.29, 1.82) is 0 Å². The molecule has 260 valence electrons. The molecule has 0 bridgehead atoms. The van der Waals surface area contributed by atoms with Crippen molar-refractivity contribution in [2.75, 3.05) is 0 Å². The molecule has 0 spiro atoms. The minimum atomic E-state index is -9.20. The molecule has 1 unspecified atom stereocenters. The molecule has 0 aromatic rings. The number of carbonyl (C=O) groups is 2. The van der Waals surface area contributed by atoms with E-state index in [1.807, 2.05) is 0 Å². The lowest BCUT2D eigenvalue weighted by molar-refractivity contribution is -0.473. The van der Waals surface area contributed by atoms with Crippen molar-refractivity contribution < 1.29 is 107 Å². The van der Waals surface area contributed by atoms with Crippen LogP contribution < -0.4 is 0 Å². The lowest BCUT2D eigenvalue weighted by Crippen LogP contribution is -2.77. The number of alkyl halides is 20. The van der Waals surface area contributed by atoms with Crippen molar-refractivity contribution in [2.24, 2.45) is 0 Å². The van der Waals surface area contributed by atoms with Gasteiger partial charge in [-0.3, -0.25) is 4.79 Å². The maximum Gasteiger partial charge on any atom is 0.460 e. The summed E-state index contributed by atoms with van der Waals surface area (Å²) in [5.41, 5.74) is -8.85. The number of hydrogen-bond acceptors (Lipinski definition) is 4. The largest absolute Gasteiger partial charge is 0.460 e. The minimum Gasteiger partial charge on any atom is -0.460 e. The molecule has 44 heavy (non-hydrogen) atoms. The van der Waals surface area contributed by atoms with Crippen LogP contribution in [0.1, 0.15) is 33.6 Å². The predicted molar refractivity (Wildman–Crippen MR) is 101 cm³/mol. The van der Waals surface area contributed by atoms with Gasteiger partial charge >= 0.3 is 65.7 Å². The van der Waals surface area contributed by atoms with Gasteiger partial charge in [-0.25, -0.2) is 9.18 Å². The maximum atomic E-state index is 15.2. The fourth-order valence-electron chi connectivity index (χ4n) is 2.81. The van der Waals surface area contributed by atoms with Gasteiger partial charge in [0.05, 0.1) is 0 Å². The molecule has 0 aliphatic rings. The summed E-state index contributed by atoms with van der Waals surface area (Å²) in [6.45, 7) is 5.18. The molecule has 4 nitrogen and oxygen atoms in total. The number of esters is 2. The third-order valence-electron chi connectivity index (χ3n) is 5.17. The quantitative estimate of drug-likeness (QED) is 0.111. The Morgan fingerprint density at radius 1 is 0.545 bits per heavy atom. The van der Waals surface area contributed by atoms with Crippen LogP contribution >= 0.6 is 0 Å². The average molecular weight is 700 g/mol. The zero-order valence-corrected chi connectivity index (χ0v) is 21.4. The third kappa shape index (κ3) is 6.21. The van der Waals surface area contributed by atoms with E-state index < -0.39 is 95.9 Å². The van der Waals surface area contributed by atoms with Crippen molar-refractivity contribution in [3.8, 4) is 0 Å². The van der Waals surface area contributed by atoms with Gasteiger partial charge in [-0.2, -0.15) is 83.4 Å². The Morgan fingerprint density at radius 2 is 0.864 bits per heavy atom. The highest BCUT2D eigenvalue weighted by molar-refractivity contribution is 5.81. The zero-order valence-electron chi connectivity index (χ0n) is 21.4. The van der Waals surface area contributed by atoms with E-state index in [1.165, 1.54) is 0 Å². The second-order valence-electron chi connectivity index (χ2n) is 9.55. The van der Waals surface area contributed by atoms with E-state index in [-0.39, 0.29) is 0 Å². The van der Waals surface area contributed by atoms with Gasteiger partial charge in [0.2, 0.25) is 0 Å². The number of halogens is 20. The van der Waals surface area contributed by atoms with Gasteiger partial charge in [0.25, 0.3) is 5.67 Å². The standard InChI is InChI=1S/C20H16F20O4/c1-5-8(41)44-20(39,40)11(21,7-6-9(42)43-10(2,3)4)12(22,23)13(24,25)14(26,27)15(28,29)16(30,31)17(32,33)18(34,35)19(36,37)38/h5H,1,6-7H2,2-4H3. The van der Waals surface area contributed by atoms with E-state index in [1.54, 1.807) is 0 Å². The van der Waals surface area contributed by atoms with Crippen LogP contribution in [-0.4, -0.2) is 77.0 Å². The predicted octanol–water partition coefficient (Wildman–Crippen LogP) is 8.15. The normalized spacial score (nSPS) is 16.7. The molecule has 0 amide bonds. The monoisotopic (exact) mass is 700 g/mol. The second-order valence-corrected chi connectivity index (χ2v) is 9.55. The number of carbonyl (C=O) groups excluding carboxylic acids is 2. The van der Waals surface area contributed by atoms with Gasteiger partial charge in [0.15, 0.2) is 0 Å². The molecule has 0 aromatic heterocycles. The maximum absolute atomic E-state index is 15.2. The molecule has 0 N–H and O–H groups in total. The Bertz CT molecular complexity index is 1090. The molecular weight excluding hydrogens is 684 g/mol. The molecule has 24 heteroatoms. The van der Waals surface area contributed by atoms with Crippen LogP contribution in [0.2, 0.25) is 0 Å². The smallest absolute Gasteiger partial charge is 0.460 e. The lowest BCUT2D eigenvalue weighted by atomic mass is 9.81. The summed E-state index contributed by atoms with van der Waals surface area (Å²) in [5, 5.41) is 0. The minimum absolute atomic E-state index is 0.468. The Morgan fingerprint density at radius 3 is 1.16 bits per heavy atom. The summed E-state index contributed by atoms with van der Waals surface area (Å²) in [7, 11) is 0. The Labute approximate surface area is 231 Å². The summed E-state index contributed by atoms with van der Waals surface area (Å²) in [6, 6.07) is 0. The van der Waals surface area contributed by atoms with E-state index in [4.69, 9.17) is 0 Å². The van der Waals surface area contributed by atoms with Crippen molar-refractivity contribution in [3.63, 3.8) is 0 Å². The lowest BCUT2D eigenvalue weighted by Gasteiger charge is -2.46. The summed E-state index contributed by atoms with van der Waals surface area (Å²) in [4.78, 5) is 22.7. The van der Waals surface area contributed by atoms with Crippen LogP contribution in [-0.2, 0) is 19.1 Å². The first-order chi connectivity index (χ1) is 18.8. The molecule has 1 atom stereocenters. The Hall–Kier alpha value is -2.72. The Balaban J connectivity index is 7.43. The molecule has 0 aliphatic carbocycles. The first kappa shape index (κ1) is 41.3. The molecule has 0 aromatic carbocycles. The summed E-state index contributed by atoms with van der Waals surface area (Å²) < 4.78 is 281. The molecule has 0 aliphatic heterocycles. The summed E-state index contributed by atoms with van der Waals surface area (Å²) in [5.74, 6) is -67.1. The van der Waals surface area contributed by atoms with Gasteiger partial charge in [0, 0.05) is 18.9 Å². The van der Waals surface area contributed by atoms with Gasteiger partial charge in [-0.05, 0) is 20.8 Å². The number of hydrogen-bond donors (Lipinski definition) is 0. The zero-order chi connectivity index (χ0) is 36.2. The fourth-order valence-corrected chi connectivity index (χ4v) is 2.81. The average Bonchev–Trinajstić information content (AvgIpc) is 2.79. The molecule has 0 fully saturated rings. The van der Waals surface area contributed by atoms with Crippen molar-refractivity contribution in [1.82, 2.24) is 0 Å². The van der Waals surface area contributed by atoms with Gasteiger partial charge in [-0.15, -0.1) is 0 Å². The van der Waals surface area contributed by atoms with Crippen LogP contribution in [0.15, 0.2) is 12.7 Å². The van der Waals surface area contributed by atoms with Crippen LogP contribution in [0.5, 0.6) is 0 Å². The van der Waals surface area contributed by atoms with E-state index in [0.29, 0.717) is 0 Å². The van der Waals surface area contributed by atoms with Crippen molar-refractivity contribution in [3.05, 3.63) is 12.7 Å². The van der Waals surface area contributed by atoms with Crippen LogP contribution in [0, 0.1) is 0 Å². The third-order valence-corrected chi connectivity index (χ3v) is 5.17. The van der Waals surface area contributed by atoms with Crippen LogP contribution in [0.25, 0.3) is 0 Å². The second kappa shape index (κ2) is 11.3. The summed E-state index contributed by atoms with van der Waals surface area (Å²) in [6.07, 6.45) is -21.2. The molecule has 0 saturated heterocycles. The molecule has 0 radical (unpaired) electrons. The van der Waals surface area contributed by atoms with Gasteiger partial charge in [0.1, 0.15) is 5.60 Å². The van der Waals surface area contributed by atoms with Crippen molar-refractivity contribution in [2.45, 2.75) is 98.6 Å². The molecule has 0 rings (SSSR count). The van der Waals surface area contributed by atoms with E-state index in [0.717, 1.165) is 20.8 Å². The SMILES string of the molecule is C=CC(=O)OC(F)(F)C(F)(CCC(=O)OC(C)(C)C)C(F)(F)C(F)(F)C(F)(F)C(F)(F)C(F)(F)C(F)(F)C(F)(F)C(F)(F)F. The Kier molecular flexibility index (Phi) is 10.6.